The molecule has 2 rings (SSSR count). The predicted octanol–water partition coefficient (Wildman–Crippen LogP) is 1.87. The summed E-state index contributed by atoms with van der Waals surface area (Å²) in [6, 6.07) is 5.02. The van der Waals surface area contributed by atoms with Crippen molar-refractivity contribution in [2.45, 2.75) is 11.4 Å². The maximum atomic E-state index is 13.5. The number of thiocarbonyl (C=S) groups is 1. The summed E-state index contributed by atoms with van der Waals surface area (Å²) >= 11 is 4.71. The summed E-state index contributed by atoms with van der Waals surface area (Å²) in [5.41, 5.74) is 5.99. The number of nitrogens with zero attached hydrogens (tertiary/aromatic N) is 1. The van der Waals surface area contributed by atoms with Gasteiger partial charge in [0.2, 0.25) is 10.0 Å². The molecule has 0 radical (unpaired) electrons. The summed E-state index contributed by atoms with van der Waals surface area (Å²) in [6.45, 7) is 0.138. The molecule has 0 spiro atoms. The number of halogens is 1. The Morgan fingerprint density at radius 3 is 2.71 bits per heavy atom. The van der Waals surface area contributed by atoms with Gasteiger partial charge in [-0.25, -0.2) is 12.8 Å². The van der Waals surface area contributed by atoms with E-state index in [0.29, 0.717) is 5.56 Å². The molecule has 112 valence electrons. The molecule has 0 atom stereocenters. The van der Waals surface area contributed by atoms with Crippen molar-refractivity contribution < 1.29 is 17.2 Å². The zero-order chi connectivity index (χ0) is 15.6. The van der Waals surface area contributed by atoms with Crippen LogP contribution in [0.2, 0.25) is 0 Å². The molecule has 0 amide bonds. The third kappa shape index (κ3) is 3.29. The van der Waals surface area contributed by atoms with E-state index in [1.54, 1.807) is 6.07 Å². The Morgan fingerprint density at radius 2 is 2.14 bits per heavy atom. The van der Waals surface area contributed by atoms with Gasteiger partial charge in [-0.15, -0.1) is 0 Å². The van der Waals surface area contributed by atoms with Crippen molar-refractivity contribution >= 4 is 27.2 Å². The van der Waals surface area contributed by atoms with Crippen molar-refractivity contribution in [1.29, 1.82) is 0 Å². The quantitative estimate of drug-likeness (QED) is 0.848. The van der Waals surface area contributed by atoms with Crippen LogP contribution >= 0.6 is 12.2 Å². The minimum absolute atomic E-state index is 0.0716. The van der Waals surface area contributed by atoms with E-state index >= 15 is 0 Å². The van der Waals surface area contributed by atoms with Gasteiger partial charge in [0.15, 0.2) is 0 Å². The Labute approximate surface area is 127 Å². The monoisotopic (exact) mass is 328 g/mol. The van der Waals surface area contributed by atoms with Crippen LogP contribution in [0, 0.1) is 5.82 Å². The minimum atomic E-state index is -3.78. The fourth-order valence-corrected chi connectivity index (χ4v) is 3.10. The molecule has 0 saturated carbocycles. The summed E-state index contributed by atoms with van der Waals surface area (Å²) in [6.07, 6.45) is 2.91. The van der Waals surface area contributed by atoms with E-state index in [1.165, 1.54) is 25.6 Å². The summed E-state index contributed by atoms with van der Waals surface area (Å²) in [4.78, 5) is -0.264. The van der Waals surface area contributed by atoms with Gasteiger partial charge in [-0.1, -0.05) is 12.2 Å². The van der Waals surface area contributed by atoms with Crippen molar-refractivity contribution in [3.05, 3.63) is 53.7 Å². The van der Waals surface area contributed by atoms with Crippen molar-refractivity contribution in [1.82, 2.24) is 4.31 Å². The van der Waals surface area contributed by atoms with Gasteiger partial charge >= 0.3 is 0 Å². The number of sulfonamides is 1. The standard InChI is InChI=1S/C13H13FN2O3S2/c1-16(7-9-4-5-19-8-9)21(17,18)10-2-3-12(14)11(6-10)13(15)20/h2-6,8H,7H2,1H3,(H2,15,20). The molecule has 1 aromatic carbocycles. The average molecular weight is 328 g/mol. The zero-order valence-electron chi connectivity index (χ0n) is 11.1. The number of nitrogens with two attached hydrogens (primary N) is 1. The lowest BCUT2D eigenvalue weighted by atomic mass is 10.2. The Morgan fingerprint density at radius 1 is 1.43 bits per heavy atom. The third-order valence-corrected chi connectivity index (χ3v) is 4.92. The van der Waals surface area contributed by atoms with Gasteiger partial charge in [0.05, 0.1) is 17.4 Å². The summed E-state index contributed by atoms with van der Waals surface area (Å²) in [5.74, 6) is -0.654. The molecule has 1 heterocycles. The predicted molar refractivity (Wildman–Crippen MR) is 79.6 cm³/mol. The maximum Gasteiger partial charge on any atom is 0.243 e. The Balaban J connectivity index is 2.35. The first-order valence-electron chi connectivity index (χ1n) is 5.89. The van der Waals surface area contributed by atoms with Gasteiger partial charge < -0.3 is 10.2 Å². The van der Waals surface area contributed by atoms with Crippen LogP contribution in [0.3, 0.4) is 0 Å². The molecule has 0 bridgehead atoms. The second-order valence-electron chi connectivity index (χ2n) is 4.40. The lowest BCUT2D eigenvalue weighted by molar-refractivity contribution is 0.463. The molecule has 0 aliphatic heterocycles. The average Bonchev–Trinajstić information content (AvgIpc) is 2.91. The van der Waals surface area contributed by atoms with E-state index in [1.807, 2.05) is 0 Å². The van der Waals surface area contributed by atoms with E-state index in [-0.39, 0.29) is 22.0 Å². The highest BCUT2D eigenvalue weighted by molar-refractivity contribution is 7.89. The molecule has 21 heavy (non-hydrogen) atoms. The van der Waals surface area contributed by atoms with Crippen LogP contribution < -0.4 is 5.73 Å². The number of benzene rings is 1. The fraction of sp³-hybridized carbons (Fsp3) is 0.154. The molecule has 0 aliphatic carbocycles. The highest BCUT2D eigenvalue weighted by Crippen LogP contribution is 2.20. The molecule has 2 N–H and O–H groups in total. The van der Waals surface area contributed by atoms with Crippen molar-refractivity contribution in [2.24, 2.45) is 5.73 Å². The highest BCUT2D eigenvalue weighted by Gasteiger charge is 2.23. The first kappa shape index (κ1) is 15.6. The van der Waals surface area contributed by atoms with Gasteiger partial charge in [0, 0.05) is 24.7 Å². The second-order valence-corrected chi connectivity index (χ2v) is 6.88. The lowest BCUT2D eigenvalue weighted by Crippen LogP contribution is -2.26. The molecule has 5 nitrogen and oxygen atoms in total. The number of hydrogen-bond acceptors (Lipinski definition) is 4. The topological polar surface area (TPSA) is 76.5 Å². The molecule has 0 aliphatic rings. The van der Waals surface area contributed by atoms with Crippen LogP contribution in [-0.2, 0) is 16.6 Å². The Hall–Kier alpha value is -1.77. The van der Waals surface area contributed by atoms with Crippen molar-refractivity contribution in [3.8, 4) is 0 Å². The van der Waals surface area contributed by atoms with Crippen LogP contribution in [0.15, 0.2) is 46.1 Å². The second kappa shape index (κ2) is 5.92. The van der Waals surface area contributed by atoms with Crippen LogP contribution in [0.4, 0.5) is 4.39 Å². The molecule has 0 unspecified atom stereocenters. The number of furan rings is 1. The Bertz CT molecular complexity index is 758. The summed E-state index contributed by atoms with van der Waals surface area (Å²) < 4.78 is 44.4. The van der Waals surface area contributed by atoms with Gasteiger partial charge in [0.25, 0.3) is 0 Å². The molecule has 1 aromatic heterocycles. The summed E-state index contributed by atoms with van der Waals surface area (Å²) in [5, 5.41) is 0. The smallest absolute Gasteiger partial charge is 0.243 e. The van der Waals surface area contributed by atoms with Crippen LogP contribution in [0.25, 0.3) is 0 Å². The first-order chi connectivity index (χ1) is 9.82. The van der Waals surface area contributed by atoms with Crippen molar-refractivity contribution in [3.63, 3.8) is 0 Å². The van der Waals surface area contributed by atoms with Gasteiger partial charge in [-0.3, -0.25) is 0 Å². The third-order valence-electron chi connectivity index (χ3n) is 2.90. The van der Waals surface area contributed by atoms with Crippen LogP contribution in [-0.4, -0.2) is 24.8 Å². The van der Waals surface area contributed by atoms with E-state index in [0.717, 1.165) is 16.4 Å². The van der Waals surface area contributed by atoms with Gasteiger partial charge in [-0.2, -0.15) is 4.31 Å². The molecular weight excluding hydrogens is 315 g/mol. The number of hydrogen-bond donors (Lipinski definition) is 1. The lowest BCUT2D eigenvalue weighted by Gasteiger charge is -2.17. The molecule has 0 fully saturated rings. The SMILES string of the molecule is CN(Cc1ccoc1)S(=O)(=O)c1ccc(F)c(C(N)=S)c1. The van der Waals surface area contributed by atoms with Gasteiger partial charge in [-0.05, 0) is 24.3 Å². The first-order valence-corrected chi connectivity index (χ1v) is 7.74. The number of rotatable bonds is 5. The van der Waals surface area contributed by atoms with E-state index < -0.39 is 15.8 Å². The zero-order valence-corrected chi connectivity index (χ0v) is 12.7. The van der Waals surface area contributed by atoms with E-state index in [9.17, 15) is 12.8 Å². The Kier molecular flexibility index (Phi) is 4.40. The normalized spacial score (nSPS) is 11.8. The van der Waals surface area contributed by atoms with Crippen molar-refractivity contribution in [2.75, 3.05) is 7.05 Å². The van der Waals surface area contributed by atoms with Gasteiger partial charge in [0.1, 0.15) is 10.8 Å². The van der Waals surface area contributed by atoms with E-state index in [2.05, 4.69) is 0 Å². The van der Waals surface area contributed by atoms with Crippen LogP contribution in [0.1, 0.15) is 11.1 Å². The van der Waals surface area contributed by atoms with Crippen LogP contribution in [0.5, 0.6) is 0 Å². The fourth-order valence-electron chi connectivity index (χ4n) is 1.76. The minimum Gasteiger partial charge on any atom is -0.472 e. The maximum absolute atomic E-state index is 13.5. The highest BCUT2D eigenvalue weighted by atomic mass is 32.2. The summed E-state index contributed by atoms with van der Waals surface area (Å²) in [7, 11) is -2.36. The molecular formula is C13H13FN2O3S2. The largest absolute Gasteiger partial charge is 0.472 e. The molecule has 0 saturated heterocycles. The van der Waals surface area contributed by atoms with E-state index in [4.69, 9.17) is 22.4 Å². The molecule has 8 heteroatoms. The molecule has 2 aromatic rings.